The lowest BCUT2D eigenvalue weighted by Gasteiger charge is -2.34. The van der Waals surface area contributed by atoms with Crippen LogP contribution < -0.4 is 5.32 Å². The lowest BCUT2D eigenvalue weighted by molar-refractivity contribution is -0.121. The molecule has 1 saturated heterocycles. The standard InChI is InChI=1S/C23H25FN2O3/c1-23(10-4-6-16-5-2-3-7-19(16)23)22(28)25-17-8-9-18(20(24)15-17)21(27)26-11-13-29-14-12-26/h2-3,5,7-9,15H,4,6,10-14H2,1H3,(H,25,28)/t23-/m1/s1. The number of carbonyl (C=O) groups excluding carboxylic acids is 2. The van der Waals surface area contributed by atoms with Crippen LogP contribution in [0.2, 0.25) is 0 Å². The highest BCUT2D eigenvalue weighted by Gasteiger charge is 2.38. The lowest BCUT2D eigenvalue weighted by Crippen LogP contribution is -2.41. The Balaban J connectivity index is 1.52. The minimum absolute atomic E-state index is 0.0131. The van der Waals surface area contributed by atoms with Crippen LogP contribution in [0.5, 0.6) is 0 Å². The van der Waals surface area contributed by atoms with E-state index in [4.69, 9.17) is 4.74 Å². The van der Waals surface area contributed by atoms with Gasteiger partial charge >= 0.3 is 0 Å². The van der Waals surface area contributed by atoms with Gasteiger partial charge in [-0.3, -0.25) is 9.59 Å². The molecule has 5 nitrogen and oxygen atoms in total. The first-order valence-corrected chi connectivity index (χ1v) is 10.1. The fourth-order valence-corrected chi connectivity index (χ4v) is 4.25. The number of morpholine rings is 1. The molecule has 2 aromatic rings. The minimum Gasteiger partial charge on any atom is -0.378 e. The van der Waals surface area contributed by atoms with Crippen LogP contribution in [0.3, 0.4) is 0 Å². The number of amides is 2. The molecular formula is C23H25FN2O3. The third kappa shape index (κ3) is 3.77. The summed E-state index contributed by atoms with van der Waals surface area (Å²) in [6.45, 7) is 3.76. The summed E-state index contributed by atoms with van der Waals surface area (Å²) in [5.41, 5.74) is 1.93. The Morgan fingerprint density at radius 1 is 1.14 bits per heavy atom. The molecule has 6 heteroatoms. The predicted octanol–water partition coefficient (Wildman–Crippen LogP) is 3.53. The van der Waals surface area contributed by atoms with E-state index in [1.165, 1.54) is 17.7 Å². The van der Waals surface area contributed by atoms with Crippen molar-refractivity contribution in [3.8, 4) is 0 Å². The smallest absolute Gasteiger partial charge is 0.256 e. The second-order valence-electron chi connectivity index (χ2n) is 7.90. The van der Waals surface area contributed by atoms with E-state index in [0.29, 0.717) is 32.0 Å². The van der Waals surface area contributed by atoms with Gasteiger partial charge in [0, 0.05) is 18.8 Å². The van der Waals surface area contributed by atoms with Gasteiger partial charge in [0.2, 0.25) is 5.91 Å². The summed E-state index contributed by atoms with van der Waals surface area (Å²) < 4.78 is 19.9. The number of halogens is 1. The maximum absolute atomic E-state index is 14.7. The lowest BCUT2D eigenvalue weighted by atomic mass is 9.70. The average Bonchev–Trinajstić information content (AvgIpc) is 2.74. The molecule has 1 heterocycles. The van der Waals surface area contributed by atoms with Crippen molar-refractivity contribution in [2.45, 2.75) is 31.6 Å². The molecule has 1 N–H and O–H groups in total. The monoisotopic (exact) mass is 396 g/mol. The zero-order chi connectivity index (χ0) is 20.4. The van der Waals surface area contributed by atoms with Gasteiger partial charge < -0.3 is 15.0 Å². The van der Waals surface area contributed by atoms with Crippen molar-refractivity contribution in [3.63, 3.8) is 0 Å². The summed E-state index contributed by atoms with van der Waals surface area (Å²) >= 11 is 0. The molecule has 0 saturated carbocycles. The van der Waals surface area contributed by atoms with E-state index in [1.54, 1.807) is 11.0 Å². The third-order valence-electron chi connectivity index (χ3n) is 5.99. The van der Waals surface area contributed by atoms with Crippen LogP contribution in [0, 0.1) is 5.82 Å². The molecule has 1 aliphatic heterocycles. The Kier molecular flexibility index (Phi) is 5.37. The third-order valence-corrected chi connectivity index (χ3v) is 5.99. The normalized spacial score (nSPS) is 21.4. The van der Waals surface area contributed by atoms with Crippen molar-refractivity contribution in [1.29, 1.82) is 0 Å². The second kappa shape index (κ2) is 7.95. The molecule has 2 amide bonds. The highest BCUT2D eigenvalue weighted by molar-refractivity contribution is 6.00. The van der Waals surface area contributed by atoms with Crippen LogP contribution in [0.4, 0.5) is 10.1 Å². The van der Waals surface area contributed by atoms with Crippen molar-refractivity contribution >= 4 is 17.5 Å². The largest absolute Gasteiger partial charge is 0.378 e. The molecule has 2 aliphatic rings. The SMILES string of the molecule is C[C@@]1(C(=O)Nc2ccc(C(=O)N3CCOCC3)c(F)c2)CCCc2ccccc21. The van der Waals surface area contributed by atoms with Crippen LogP contribution in [-0.4, -0.2) is 43.0 Å². The quantitative estimate of drug-likeness (QED) is 0.864. The Bertz CT molecular complexity index is 939. The summed E-state index contributed by atoms with van der Waals surface area (Å²) in [5, 5.41) is 2.86. The van der Waals surface area contributed by atoms with Gasteiger partial charge in [-0.25, -0.2) is 4.39 Å². The number of hydrogen-bond acceptors (Lipinski definition) is 3. The minimum atomic E-state index is -0.659. The molecular weight excluding hydrogens is 371 g/mol. The molecule has 1 atom stereocenters. The maximum atomic E-state index is 14.7. The fourth-order valence-electron chi connectivity index (χ4n) is 4.25. The van der Waals surface area contributed by atoms with Gasteiger partial charge in [0.25, 0.3) is 5.91 Å². The first-order valence-electron chi connectivity index (χ1n) is 10.1. The van der Waals surface area contributed by atoms with Gasteiger partial charge in [-0.2, -0.15) is 0 Å². The van der Waals surface area contributed by atoms with E-state index in [-0.39, 0.29) is 17.4 Å². The number of nitrogens with zero attached hydrogens (tertiary/aromatic N) is 1. The molecule has 152 valence electrons. The molecule has 1 fully saturated rings. The van der Waals surface area contributed by atoms with Crippen molar-refractivity contribution in [1.82, 2.24) is 4.90 Å². The summed E-state index contributed by atoms with van der Waals surface area (Å²) in [5.74, 6) is -1.14. The number of hydrogen-bond donors (Lipinski definition) is 1. The van der Waals surface area contributed by atoms with E-state index < -0.39 is 11.2 Å². The molecule has 1 aliphatic carbocycles. The molecule has 2 aromatic carbocycles. The van der Waals surface area contributed by atoms with E-state index in [1.807, 2.05) is 25.1 Å². The first kappa shape index (κ1) is 19.6. The maximum Gasteiger partial charge on any atom is 0.256 e. The van der Waals surface area contributed by atoms with Gasteiger partial charge in [0.1, 0.15) is 5.82 Å². The van der Waals surface area contributed by atoms with Crippen LogP contribution in [0.15, 0.2) is 42.5 Å². The van der Waals surface area contributed by atoms with E-state index in [9.17, 15) is 14.0 Å². The van der Waals surface area contributed by atoms with Crippen molar-refractivity contribution < 1.29 is 18.7 Å². The van der Waals surface area contributed by atoms with Gasteiger partial charge in [0.15, 0.2) is 0 Å². The van der Waals surface area contributed by atoms with E-state index >= 15 is 0 Å². The number of anilines is 1. The second-order valence-corrected chi connectivity index (χ2v) is 7.90. The molecule has 0 aromatic heterocycles. The number of nitrogens with one attached hydrogen (secondary N) is 1. The average molecular weight is 396 g/mol. The zero-order valence-corrected chi connectivity index (χ0v) is 16.5. The summed E-state index contributed by atoms with van der Waals surface area (Å²) in [7, 11) is 0. The Morgan fingerprint density at radius 3 is 2.66 bits per heavy atom. The fraction of sp³-hybridized carbons (Fsp3) is 0.391. The van der Waals surface area contributed by atoms with Crippen molar-refractivity contribution in [3.05, 3.63) is 65.0 Å². The molecule has 29 heavy (non-hydrogen) atoms. The topological polar surface area (TPSA) is 58.6 Å². The van der Waals surface area contributed by atoms with Crippen LogP contribution in [0.1, 0.15) is 41.3 Å². The number of benzene rings is 2. The van der Waals surface area contributed by atoms with E-state index in [0.717, 1.165) is 24.8 Å². The number of carbonyl (C=O) groups is 2. The Morgan fingerprint density at radius 2 is 1.90 bits per heavy atom. The molecule has 0 unspecified atom stereocenters. The Labute approximate surface area is 169 Å². The number of aryl methyl sites for hydroxylation is 1. The molecule has 0 radical (unpaired) electrons. The zero-order valence-electron chi connectivity index (χ0n) is 16.5. The predicted molar refractivity (Wildman–Crippen MR) is 108 cm³/mol. The van der Waals surface area contributed by atoms with Crippen molar-refractivity contribution in [2.24, 2.45) is 0 Å². The van der Waals surface area contributed by atoms with E-state index in [2.05, 4.69) is 11.4 Å². The van der Waals surface area contributed by atoms with Gasteiger partial charge in [-0.15, -0.1) is 0 Å². The highest BCUT2D eigenvalue weighted by Crippen LogP contribution is 2.38. The summed E-state index contributed by atoms with van der Waals surface area (Å²) in [6.07, 6.45) is 2.64. The van der Waals surface area contributed by atoms with Crippen LogP contribution >= 0.6 is 0 Å². The molecule has 0 bridgehead atoms. The van der Waals surface area contributed by atoms with Crippen LogP contribution in [0.25, 0.3) is 0 Å². The van der Waals surface area contributed by atoms with Gasteiger partial charge in [0.05, 0.1) is 24.2 Å². The first-order chi connectivity index (χ1) is 14.0. The number of fused-ring (bicyclic) bond motifs is 1. The summed E-state index contributed by atoms with van der Waals surface area (Å²) in [4.78, 5) is 27.2. The molecule has 4 rings (SSSR count). The van der Waals surface area contributed by atoms with Crippen LogP contribution in [-0.2, 0) is 21.4 Å². The number of ether oxygens (including phenoxy) is 1. The summed E-state index contributed by atoms with van der Waals surface area (Å²) in [6, 6.07) is 12.3. The van der Waals surface area contributed by atoms with Gasteiger partial charge in [-0.1, -0.05) is 24.3 Å². The van der Waals surface area contributed by atoms with Gasteiger partial charge in [-0.05, 0) is 55.5 Å². The highest BCUT2D eigenvalue weighted by atomic mass is 19.1. The van der Waals surface area contributed by atoms with Crippen molar-refractivity contribution in [2.75, 3.05) is 31.6 Å². The number of rotatable bonds is 3. The molecule has 0 spiro atoms. The Hall–Kier alpha value is -2.73.